The van der Waals surface area contributed by atoms with E-state index in [9.17, 15) is 21.6 Å². The van der Waals surface area contributed by atoms with Crippen molar-refractivity contribution in [2.75, 3.05) is 32.8 Å². The Labute approximate surface area is 191 Å². The molecule has 0 aromatic carbocycles. The Kier molecular flexibility index (Phi) is 11.4. The van der Waals surface area contributed by atoms with Crippen LogP contribution in [0.5, 0.6) is 0 Å². The van der Waals surface area contributed by atoms with Gasteiger partial charge < -0.3 is 19.8 Å². The van der Waals surface area contributed by atoms with Gasteiger partial charge in [0.2, 0.25) is 0 Å². The molecule has 1 aliphatic rings. The molecule has 0 atom stereocenters. The summed E-state index contributed by atoms with van der Waals surface area (Å²) in [4.78, 5) is 4.43. The lowest BCUT2D eigenvalue weighted by Gasteiger charge is -2.32. The number of piperidine rings is 1. The SMILES string of the molecule is CCNC(=NCCCOCc1ccco1)NC1CCN(S(=O)(=O)C(F)(F)F)CC1.I. The van der Waals surface area contributed by atoms with Crippen molar-refractivity contribution < 1.29 is 30.7 Å². The van der Waals surface area contributed by atoms with Crippen LogP contribution in [-0.4, -0.2) is 63.0 Å². The number of hydrogen-bond donors (Lipinski definition) is 2. The molecule has 2 N–H and O–H groups in total. The smallest absolute Gasteiger partial charge is 0.467 e. The summed E-state index contributed by atoms with van der Waals surface area (Å²) in [6.45, 7) is 3.59. The summed E-state index contributed by atoms with van der Waals surface area (Å²) in [6, 6.07) is 3.47. The summed E-state index contributed by atoms with van der Waals surface area (Å²) in [5.41, 5.74) is -5.26. The summed E-state index contributed by atoms with van der Waals surface area (Å²) in [6.07, 6.45) is 2.82. The molecule has 8 nitrogen and oxygen atoms in total. The first kappa shape index (κ1) is 27.0. The number of rotatable bonds is 9. The van der Waals surface area contributed by atoms with E-state index >= 15 is 0 Å². The van der Waals surface area contributed by atoms with Gasteiger partial charge >= 0.3 is 15.5 Å². The highest BCUT2D eigenvalue weighted by Crippen LogP contribution is 2.28. The molecule has 0 radical (unpaired) electrons. The standard InChI is InChI=1S/C17H27F3N4O4S.HI/c1-2-21-16(22-8-4-11-27-13-15-5-3-12-28-15)23-14-6-9-24(10-7-14)29(25,26)17(18,19)20;/h3,5,12,14H,2,4,6-11,13H2,1H3,(H2,21,22,23);1H. The zero-order valence-corrected chi connectivity index (χ0v) is 19.8. The van der Waals surface area contributed by atoms with Crippen LogP contribution in [-0.2, 0) is 21.4 Å². The summed E-state index contributed by atoms with van der Waals surface area (Å²) in [5, 5.41) is 6.24. The zero-order valence-electron chi connectivity index (χ0n) is 16.7. The van der Waals surface area contributed by atoms with Crippen LogP contribution in [0.3, 0.4) is 0 Å². The van der Waals surface area contributed by atoms with E-state index in [1.807, 2.05) is 13.0 Å². The highest BCUT2D eigenvalue weighted by molar-refractivity contribution is 14.0. The second-order valence-electron chi connectivity index (χ2n) is 6.51. The molecule has 2 heterocycles. The van der Waals surface area contributed by atoms with Crippen molar-refractivity contribution in [3.8, 4) is 0 Å². The summed E-state index contributed by atoms with van der Waals surface area (Å²) in [7, 11) is -5.26. The van der Waals surface area contributed by atoms with Crippen LogP contribution in [0, 0.1) is 0 Å². The van der Waals surface area contributed by atoms with E-state index in [-0.39, 0.29) is 55.9 Å². The number of nitrogens with zero attached hydrogens (tertiary/aromatic N) is 2. The monoisotopic (exact) mass is 568 g/mol. The molecular formula is C17H28F3IN4O4S. The quantitative estimate of drug-likeness (QED) is 0.206. The van der Waals surface area contributed by atoms with E-state index in [1.165, 1.54) is 0 Å². The Morgan fingerprint density at radius 1 is 1.37 bits per heavy atom. The Morgan fingerprint density at radius 2 is 2.07 bits per heavy atom. The average molecular weight is 568 g/mol. The van der Waals surface area contributed by atoms with Crippen molar-refractivity contribution >= 4 is 40.0 Å². The van der Waals surface area contributed by atoms with Crippen LogP contribution in [0.25, 0.3) is 0 Å². The fourth-order valence-corrected chi connectivity index (χ4v) is 3.81. The van der Waals surface area contributed by atoms with Gasteiger partial charge in [0.1, 0.15) is 12.4 Å². The third-order valence-electron chi connectivity index (χ3n) is 4.31. The van der Waals surface area contributed by atoms with Crippen molar-refractivity contribution in [2.24, 2.45) is 4.99 Å². The van der Waals surface area contributed by atoms with Crippen LogP contribution in [0.15, 0.2) is 27.8 Å². The first-order valence-electron chi connectivity index (χ1n) is 9.45. The van der Waals surface area contributed by atoms with E-state index in [0.717, 1.165) is 5.76 Å². The van der Waals surface area contributed by atoms with Crippen molar-refractivity contribution in [1.82, 2.24) is 14.9 Å². The molecule has 0 aliphatic carbocycles. The number of guanidine groups is 1. The lowest BCUT2D eigenvalue weighted by Crippen LogP contribution is -2.51. The third-order valence-corrected chi connectivity index (χ3v) is 5.94. The Hall–Kier alpha value is -1.06. The number of sulfonamides is 1. The van der Waals surface area contributed by atoms with Gasteiger partial charge in [-0.1, -0.05) is 0 Å². The van der Waals surface area contributed by atoms with Gasteiger partial charge in [0.15, 0.2) is 5.96 Å². The highest BCUT2D eigenvalue weighted by Gasteiger charge is 2.50. The molecule has 0 saturated carbocycles. The van der Waals surface area contributed by atoms with Crippen LogP contribution in [0.1, 0.15) is 31.9 Å². The van der Waals surface area contributed by atoms with Gasteiger partial charge in [-0.25, -0.2) is 8.42 Å². The second kappa shape index (κ2) is 12.7. The molecule has 2 rings (SSSR count). The number of alkyl halides is 3. The molecule has 13 heteroatoms. The number of hydrogen-bond acceptors (Lipinski definition) is 5. The Bertz CT molecular complexity index is 737. The second-order valence-corrected chi connectivity index (χ2v) is 8.44. The lowest BCUT2D eigenvalue weighted by atomic mass is 10.1. The molecule has 1 fully saturated rings. The van der Waals surface area contributed by atoms with Crippen molar-refractivity contribution in [2.45, 2.75) is 44.3 Å². The van der Waals surface area contributed by atoms with Gasteiger partial charge in [0.25, 0.3) is 0 Å². The van der Waals surface area contributed by atoms with Crippen molar-refractivity contribution in [3.05, 3.63) is 24.2 Å². The molecule has 1 aliphatic heterocycles. The molecule has 1 aromatic heterocycles. The minimum atomic E-state index is -5.26. The fourth-order valence-electron chi connectivity index (χ4n) is 2.83. The minimum Gasteiger partial charge on any atom is -0.467 e. The largest absolute Gasteiger partial charge is 0.511 e. The van der Waals surface area contributed by atoms with E-state index in [1.54, 1.807) is 12.3 Å². The predicted molar refractivity (Wildman–Crippen MR) is 117 cm³/mol. The number of halogens is 4. The molecule has 0 amide bonds. The molecule has 0 unspecified atom stereocenters. The van der Waals surface area contributed by atoms with E-state index < -0.39 is 15.5 Å². The minimum absolute atomic E-state index is 0. The van der Waals surface area contributed by atoms with Gasteiger partial charge in [0, 0.05) is 38.8 Å². The molecule has 30 heavy (non-hydrogen) atoms. The van der Waals surface area contributed by atoms with Gasteiger partial charge in [-0.05, 0) is 38.3 Å². The number of furan rings is 1. The maximum atomic E-state index is 12.6. The van der Waals surface area contributed by atoms with Crippen LogP contribution in [0.4, 0.5) is 13.2 Å². The van der Waals surface area contributed by atoms with Gasteiger partial charge in [-0.2, -0.15) is 17.5 Å². The number of ether oxygens (including phenoxy) is 1. The molecule has 0 spiro atoms. The summed E-state index contributed by atoms with van der Waals surface area (Å²) < 4.78 is 72.0. The first-order chi connectivity index (χ1) is 13.7. The lowest BCUT2D eigenvalue weighted by molar-refractivity contribution is -0.0494. The maximum Gasteiger partial charge on any atom is 0.511 e. The molecular weight excluding hydrogens is 540 g/mol. The van der Waals surface area contributed by atoms with Crippen molar-refractivity contribution in [1.29, 1.82) is 0 Å². The summed E-state index contributed by atoms with van der Waals surface area (Å²) in [5.74, 6) is 1.30. The molecule has 0 bridgehead atoms. The van der Waals surface area contributed by atoms with Gasteiger partial charge in [-0.15, -0.1) is 24.0 Å². The van der Waals surface area contributed by atoms with Gasteiger partial charge in [0.05, 0.1) is 6.26 Å². The van der Waals surface area contributed by atoms with Gasteiger partial charge in [-0.3, -0.25) is 4.99 Å². The third kappa shape index (κ3) is 8.23. The number of aliphatic imine (C=N–C) groups is 1. The maximum absolute atomic E-state index is 12.6. The van der Waals surface area contributed by atoms with E-state index in [4.69, 9.17) is 9.15 Å². The predicted octanol–water partition coefficient (Wildman–Crippen LogP) is 2.67. The van der Waals surface area contributed by atoms with Crippen LogP contribution in [0.2, 0.25) is 0 Å². The highest BCUT2D eigenvalue weighted by atomic mass is 127. The van der Waals surface area contributed by atoms with Crippen LogP contribution < -0.4 is 10.6 Å². The van der Waals surface area contributed by atoms with E-state index in [0.29, 0.717) is 43.0 Å². The Balaban J connectivity index is 0.00000450. The zero-order chi connectivity index (χ0) is 21.3. The van der Waals surface area contributed by atoms with Crippen LogP contribution >= 0.6 is 24.0 Å². The molecule has 1 aromatic rings. The average Bonchev–Trinajstić information content (AvgIpc) is 3.17. The first-order valence-corrected chi connectivity index (χ1v) is 10.9. The molecule has 1 saturated heterocycles. The fraction of sp³-hybridized carbons (Fsp3) is 0.706. The Morgan fingerprint density at radius 3 is 2.63 bits per heavy atom. The topological polar surface area (TPSA) is 96.2 Å². The molecule has 174 valence electrons. The summed E-state index contributed by atoms with van der Waals surface area (Å²) >= 11 is 0. The number of nitrogens with one attached hydrogen (secondary N) is 2. The van der Waals surface area contributed by atoms with E-state index in [2.05, 4.69) is 15.6 Å². The van der Waals surface area contributed by atoms with Crippen molar-refractivity contribution in [3.63, 3.8) is 0 Å². The normalized spacial score (nSPS) is 16.9.